The monoisotopic (exact) mass is 840 g/mol. The van der Waals surface area contributed by atoms with Gasteiger partial charge in [0.25, 0.3) is 0 Å². The Morgan fingerprint density at radius 3 is 1.17 bits per heavy atom. The SMILES string of the molecule is C#Cc1ccc(N)cc1.C#Cc1ccc2c(c1)C(=O)OC2=O.C#Cc1cccc(N)c1.CC#Cc1ccc2c(c1)C(=O)OC2=O.O=C1OC(=O)c2cc(C#Cc3ccccc3)ccc21. The highest BCUT2D eigenvalue weighted by Crippen LogP contribution is 2.23. The maximum Gasteiger partial charge on any atom is 0.346 e. The van der Waals surface area contributed by atoms with E-state index in [0.29, 0.717) is 39.1 Å². The lowest BCUT2D eigenvalue weighted by atomic mass is 10.1. The first-order valence-electron chi connectivity index (χ1n) is 18.7. The van der Waals surface area contributed by atoms with Crippen molar-refractivity contribution in [2.45, 2.75) is 6.92 Å². The van der Waals surface area contributed by atoms with Crippen LogP contribution in [-0.4, -0.2) is 35.8 Å². The molecular weight excluding hydrogens is 809 g/mol. The number of carbonyl (C=O) groups excluding carboxylic acids is 6. The molecule has 3 aliphatic heterocycles. The van der Waals surface area contributed by atoms with Crippen LogP contribution in [0.15, 0.2) is 133 Å². The van der Waals surface area contributed by atoms with Crippen molar-refractivity contribution in [2.75, 3.05) is 11.5 Å². The van der Waals surface area contributed by atoms with Crippen molar-refractivity contribution in [3.05, 3.63) is 200 Å². The Kier molecular flexibility index (Phi) is 15.1. The van der Waals surface area contributed by atoms with Gasteiger partial charge in [-0.1, -0.05) is 59.8 Å². The fourth-order valence-electron chi connectivity index (χ4n) is 5.52. The van der Waals surface area contributed by atoms with Crippen LogP contribution in [0.25, 0.3) is 0 Å². The Morgan fingerprint density at radius 1 is 0.359 bits per heavy atom. The number of fused-ring (bicyclic) bond motifs is 3. The lowest BCUT2D eigenvalue weighted by molar-refractivity contribution is 0.0425. The number of anilines is 2. The summed E-state index contributed by atoms with van der Waals surface area (Å²) < 4.78 is 13.3. The topological polar surface area (TPSA) is 182 Å². The highest BCUT2D eigenvalue weighted by atomic mass is 16.6. The first-order valence-corrected chi connectivity index (χ1v) is 18.7. The van der Waals surface area contributed by atoms with E-state index in [2.05, 4.69) is 55.7 Å². The molecule has 0 bridgehead atoms. The van der Waals surface area contributed by atoms with E-state index < -0.39 is 35.8 Å². The molecule has 6 aromatic carbocycles. The second-order valence-corrected chi connectivity index (χ2v) is 13.0. The van der Waals surface area contributed by atoms with Gasteiger partial charge in [-0.3, -0.25) is 0 Å². The lowest BCUT2D eigenvalue weighted by Gasteiger charge is -1.93. The molecule has 11 nitrogen and oxygen atoms in total. The van der Waals surface area contributed by atoms with Gasteiger partial charge in [-0.15, -0.1) is 25.2 Å². The zero-order valence-electron chi connectivity index (χ0n) is 33.8. The van der Waals surface area contributed by atoms with Crippen LogP contribution >= 0.6 is 0 Å². The van der Waals surface area contributed by atoms with E-state index in [4.69, 9.17) is 30.7 Å². The number of hydrogen-bond acceptors (Lipinski definition) is 11. The largest absolute Gasteiger partial charge is 0.399 e. The van der Waals surface area contributed by atoms with Crippen LogP contribution in [0, 0.1) is 60.7 Å². The van der Waals surface area contributed by atoms with Gasteiger partial charge in [-0.25, -0.2) is 28.8 Å². The summed E-state index contributed by atoms with van der Waals surface area (Å²) in [6, 6.07) is 38.2. The van der Waals surface area contributed by atoms with Crippen LogP contribution in [0.5, 0.6) is 0 Å². The second-order valence-electron chi connectivity index (χ2n) is 13.0. The smallest absolute Gasteiger partial charge is 0.346 e. The van der Waals surface area contributed by atoms with E-state index >= 15 is 0 Å². The first-order chi connectivity index (χ1) is 30.8. The number of cyclic esters (lactones) is 6. The van der Waals surface area contributed by atoms with Gasteiger partial charge in [-0.2, -0.15) is 0 Å². The summed E-state index contributed by atoms with van der Waals surface area (Å²) in [4.78, 5) is 66.9. The lowest BCUT2D eigenvalue weighted by Crippen LogP contribution is -1.96. The maximum absolute atomic E-state index is 11.4. The standard InChI is InChI=1S/C16H8O3.C11H6O3.C10H4O3.2C8H7N/c17-15-13-9-8-12(10-14(13)16(18)19-15)7-6-11-4-2-1-3-5-11;1-2-3-7-4-5-8-9(6-7)11(13)14-10(8)12;1-2-6-3-4-7-8(5-6)10(12)13-9(7)11;1-2-7-3-5-8(9)6-4-7;1-2-7-4-3-5-8(9)6-7/h1-5,8-10H;4-6H,1H3;1,3-5H;2*1,3-6H,9H2. The quantitative estimate of drug-likeness (QED) is 0.0517. The van der Waals surface area contributed by atoms with Gasteiger partial charge in [0, 0.05) is 44.8 Å². The van der Waals surface area contributed by atoms with Crippen LogP contribution in [0.2, 0.25) is 0 Å². The molecule has 0 fully saturated rings. The van der Waals surface area contributed by atoms with Crippen LogP contribution < -0.4 is 11.5 Å². The molecule has 0 saturated carbocycles. The number of ether oxygens (including phenoxy) is 3. The summed E-state index contributed by atoms with van der Waals surface area (Å²) in [6.07, 6.45) is 15.4. The molecule has 0 saturated heterocycles. The number of benzene rings is 6. The third-order valence-corrected chi connectivity index (χ3v) is 8.63. The Bertz CT molecular complexity index is 3100. The number of esters is 6. The maximum atomic E-state index is 11.4. The average Bonchev–Trinajstić information content (AvgIpc) is 3.88. The van der Waals surface area contributed by atoms with Gasteiger partial charge in [0.1, 0.15) is 0 Å². The number of carbonyl (C=O) groups is 6. The zero-order chi connectivity index (χ0) is 46.2. The molecule has 9 rings (SSSR count). The molecular formula is C53H32N2O9. The molecule has 64 heavy (non-hydrogen) atoms. The predicted molar refractivity (Wildman–Crippen MR) is 239 cm³/mol. The number of rotatable bonds is 0. The Hall–Kier alpha value is -9.86. The van der Waals surface area contributed by atoms with E-state index in [1.807, 2.05) is 54.6 Å². The number of nitrogen functional groups attached to an aromatic ring is 2. The highest BCUT2D eigenvalue weighted by Gasteiger charge is 2.31. The van der Waals surface area contributed by atoms with Gasteiger partial charge in [-0.05, 0) is 116 Å². The zero-order valence-corrected chi connectivity index (χ0v) is 33.8. The van der Waals surface area contributed by atoms with Gasteiger partial charge in [0.15, 0.2) is 0 Å². The van der Waals surface area contributed by atoms with Crippen molar-refractivity contribution in [1.29, 1.82) is 0 Å². The third-order valence-electron chi connectivity index (χ3n) is 8.63. The van der Waals surface area contributed by atoms with Crippen molar-refractivity contribution < 1.29 is 43.0 Å². The van der Waals surface area contributed by atoms with E-state index in [1.54, 1.807) is 73.7 Å². The van der Waals surface area contributed by atoms with Gasteiger partial charge < -0.3 is 25.7 Å². The Balaban J connectivity index is 0.000000155. The molecule has 0 aromatic heterocycles. The molecule has 0 spiro atoms. The summed E-state index contributed by atoms with van der Waals surface area (Å²) in [5.74, 6) is 15.2. The molecule has 0 aliphatic carbocycles. The minimum Gasteiger partial charge on any atom is -0.399 e. The molecule has 3 heterocycles. The van der Waals surface area contributed by atoms with Crippen LogP contribution in [-0.2, 0) is 14.2 Å². The van der Waals surface area contributed by atoms with E-state index in [0.717, 1.165) is 22.4 Å². The fourth-order valence-corrected chi connectivity index (χ4v) is 5.52. The number of nitrogens with two attached hydrogens (primary N) is 2. The van der Waals surface area contributed by atoms with Gasteiger partial charge in [0.2, 0.25) is 0 Å². The summed E-state index contributed by atoms with van der Waals surface area (Å²) in [6.45, 7) is 1.71. The number of hydrogen-bond donors (Lipinski definition) is 2. The molecule has 0 atom stereocenters. The Labute approximate surface area is 368 Å². The van der Waals surface area contributed by atoms with Gasteiger partial charge >= 0.3 is 35.8 Å². The molecule has 11 heteroatoms. The normalized spacial score (nSPS) is 11.6. The molecule has 0 radical (unpaired) electrons. The van der Waals surface area contributed by atoms with E-state index in [9.17, 15) is 28.8 Å². The van der Waals surface area contributed by atoms with Crippen molar-refractivity contribution >= 4 is 47.2 Å². The third kappa shape index (κ3) is 11.9. The van der Waals surface area contributed by atoms with Crippen molar-refractivity contribution in [1.82, 2.24) is 0 Å². The summed E-state index contributed by atoms with van der Waals surface area (Å²) in [7, 11) is 0. The molecule has 3 aliphatic rings. The van der Waals surface area contributed by atoms with Crippen LogP contribution in [0.1, 0.15) is 102 Å². The summed E-state index contributed by atoms with van der Waals surface area (Å²) in [5, 5.41) is 0. The van der Waals surface area contributed by atoms with Crippen LogP contribution in [0.4, 0.5) is 11.4 Å². The minimum atomic E-state index is -0.628. The van der Waals surface area contributed by atoms with E-state index in [-0.39, 0.29) is 16.7 Å². The first kappa shape index (κ1) is 45.2. The average molecular weight is 841 g/mol. The van der Waals surface area contributed by atoms with Crippen LogP contribution in [0.3, 0.4) is 0 Å². The Morgan fingerprint density at radius 2 is 0.734 bits per heavy atom. The molecule has 0 unspecified atom stereocenters. The molecule has 6 aromatic rings. The summed E-state index contributed by atoms with van der Waals surface area (Å²) in [5.41, 5.74) is 18.6. The molecule has 0 amide bonds. The fraction of sp³-hybridized carbons (Fsp3) is 0.0189. The summed E-state index contributed by atoms with van der Waals surface area (Å²) >= 11 is 0. The molecule has 308 valence electrons. The van der Waals surface area contributed by atoms with Crippen molar-refractivity contribution in [3.63, 3.8) is 0 Å². The van der Waals surface area contributed by atoms with Crippen molar-refractivity contribution in [2.24, 2.45) is 0 Å². The number of terminal acetylenes is 3. The molecule has 4 N–H and O–H groups in total. The predicted octanol–water partition coefficient (Wildman–Crippen LogP) is 7.24. The second kappa shape index (κ2) is 21.4. The van der Waals surface area contributed by atoms with E-state index in [1.165, 1.54) is 12.1 Å². The van der Waals surface area contributed by atoms with Gasteiger partial charge in [0.05, 0.1) is 33.4 Å². The van der Waals surface area contributed by atoms with Crippen molar-refractivity contribution in [3.8, 4) is 60.7 Å². The minimum absolute atomic E-state index is 0.250. The highest BCUT2D eigenvalue weighted by molar-refractivity contribution is 6.16.